The van der Waals surface area contributed by atoms with Crippen LogP contribution >= 0.6 is 34.7 Å². The van der Waals surface area contributed by atoms with E-state index in [0.29, 0.717) is 29.0 Å². The smallest absolute Gasteiger partial charge is 0.259 e. The van der Waals surface area contributed by atoms with Gasteiger partial charge < -0.3 is 10.3 Å². The van der Waals surface area contributed by atoms with E-state index in [1.54, 1.807) is 28.3 Å². The second kappa shape index (κ2) is 9.09. The summed E-state index contributed by atoms with van der Waals surface area (Å²) in [5.41, 5.74) is 2.14. The molecule has 4 aromatic rings. The van der Waals surface area contributed by atoms with Crippen molar-refractivity contribution in [3.8, 4) is 0 Å². The SMILES string of the molecule is O=C(CSCc1nc2sc3c(c2c(=O)[nH]1)CCC3)Nc1ccnn1Cc1ccc(Cl)cc1. The van der Waals surface area contributed by atoms with E-state index in [0.717, 1.165) is 35.0 Å². The highest BCUT2D eigenvalue weighted by Crippen LogP contribution is 2.34. The number of nitrogens with one attached hydrogen (secondary N) is 2. The number of hydrogen-bond donors (Lipinski definition) is 2. The van der Waals surface area contributed by atoms with Crippen LogP contribution < -0.4 is 10.9 Å². The number of rotatable bonds is 7. The third-order valence-electron chi connectivity index (χ3n) is 5.33. The monoisotopic (exact) mass is 485 g/mol. The number of hydrogen-bond acceptors (Lipinski definition) is 6. The first-order valence-electron chi connectivity index (χ1n) is 10.2. The molecular weight excluding hydrogens is 466 g/mol. The summed E-state index contributed by atoms with van der Waals surface area (Å²) >= 11 is 8.97. The molecule has 1 aromatic carbocycles. The topological polar surface area (TPSA) is 92.7 Å². The Labute approximate surface area is 197 Å². The molecule has 10 heteroatoms. The summed E-state index contributed by atoms with van der Waals surface area (Å²) in [6.07, 6.45) is 4.76. The van der Waals surface area contributed by atoms with E-state index < -0.39 is 0 Å². The Bertz CT molecular complexity index is 1340. The van der Waals surface area contributed by atoms with Crippen LogP contribution in [0.15, 0.2) is 41.3 Å². The average Bonchev–Trinajstić information content (AvgIpc) is 3.46. The zero-order valence-corrected chi connectivity index (χ0v) is 19.4. The summed E-state index contributed by atoms with van der Waals surface area (Å²) in [6.45, 7) is 0.531. The fourth-order valence-electron chi connectivity index (χ4n) is 3.86. The zero-order valence-electron chi connectivity index (χ0n) is 17.1. The van der Waals surface area contributed by atoms with Gasteiger partial charge in [0.25, 0.3) is 5.56 Å². The number of nitrogens with zero attached hydrogens (tertiary/aromatic N) is 3. The molecule has 0 radical (unpaired) electrons. The number of aryl methyl sites for hydroxylation is 2. The van der Waals surface area contributed by atoms with Crippen molar-refractivity contribution < 1.29 is 4.79 Å². The molecule has 2 N–H and O–H groups in total. The van der Waals surface area contributed by atoms with Crippen molar-refractivity contribution in [1.82, 2.24) is 19.7 Å². The van der Waals surface area contributed by atoms with Gasteiger partial charge in [-0.3, -0.25) is 9.59 Å². The molecule has 0 unspecified atom stereocenters. The lowest BCUT2D eigenvalue weighted by atomic mass is 10.2. The van der Waals surface area contributed by atoms with Gasteiger partial charge in [0.2, 0.25) is 5.91 Å². The molecule has 1 amide bonds. The Hall–Kier alpha value is -2.62. The van der Waals surface area contributed by atoms with Crippen molar-refractivity contribution >= 4 is 56.6 Å². The molecule has 0 saturated heterocycles. The van der Waals surface area contributed by atoms with Gasteiger partial charge in [-0.25, -0.2) is 9.67 Å². The molecule has 0 atom stereocenters. The molecule has 0 fully saturated rings. The molecule has 164 valence electrons. The number of thiophene rings is 1. The van der Waals surface area contributed by atoms with Crippen molar-refractivity contribution in [2.24, 2.45) is 0 Å². The number of H-pyrrole nitrogens is 1. The Morgan fingerprint density at radius 3 is 2.94 bits per heavy atom. The minimum Gasteiger partial charge on any atom is -0.310 e. The number of halogens is 1. The Balaban J connectivity index is 1.18. The highest BCUT2D eigenvalue weighted by Gasteiger charge is 2.21. The molecule has 3 heterocycles. The number of anilines is 1. The van der Waals surface area contributed by atoms with E-state index >= 15 is 0 Å². The van der Waals surface area contributed by atoms with E-state index in [2.05, 4.69) is 20.4 Å². The zero-order chi connectivity index (χ0) is 22.1. The largest absolute Gasteiger partial charge is 0.310 e. The highest BCUT2D eigenvalue weighted by molar-refractivity contribution is 7.99. The summed E-state index contributed by atoms with van der Waals surface area (Å²) in [7, 11) is 0. The van der Waals surface area contributed by atoms with E-state index in [1.807, 2.05) is 24.3 Å². The molecule has 0 bridgehead atoms. The number of amides is 1. The Morgan fingerprint density at radius 2 is 2.09 bits per heavy atom. The lowest BCUT2D eigenvalue weighted by Crippen LogP contribution is -2.18. The molecule has 5 rings (SSSR count). The van der Waals surface area contributed by atoms with Crippen LogP contribution in [-0.2, 0) is 29.9 Å². The summed E-state index contributed by atoms with van der Waals surface area (Å²) in [5.74, 6) is 1.81. The number of fused-ring (bicyclic) bond motifs is 3. The average molecular weight is 486 g/mol. The quantitative estimate of drug-likeness (QED) is 0.408. The van der Waals surface area contributed by atoms with Gasteiger partial charge in [0.05, 0.1) is 29.6 Å². The molecule has 0 saturated carbocycles. The van der Waals surface area contributed by atoms with Crippen LogP contribution in [0.25, 0.3) is 10.2 Å². The second-order valence-corrected chi connectivity index (χ2v) is 10.1. The minimum atomic E-state index is -0.133. The van der Waals surface area contributed by atoms with Crippen LogP contribution in [0.5, 0.6) is 0 Å². The number of thioether (sulfide) groups is 1. The highest BCUT2D eigenvalue weighted by atomic mass is 35.5. The van der Waals surface area contributed by atoms with Gasteiger partial charge in [0.1, 0.15) is 16.5 Å². The van der Waals surface area contributed by atoms with E-state index in [-0.39, 0.29) is 17.2 Å². The third kappa shape index (κ3) is 4.46. The van der Waals surface area contributed by atoms with Crippen molar-refractivity contribution in [1.29, 1.82) is 0 Å². The first kappa shape index (κ1) is 21.2. The fraction of sp³-hybridized carbons (Fsp3) is 0.273. The van der Waals surface area contributed by atoms with Crippen LogP contribution in [-0.4, -0.2) is 31.4 Å². The molecule has 1 aliphatic carbocycles. The predicted molar refractivity (Wildman–Crippen MR) is 130 cm³/mol. The summed E-state index contributed by atoms with van der Waals surface area (Å²) in [5, 5.41) is 8.62. The summed E-state index contributed by atoms with van der Waals surface area (Å²) in [6, 6.07) is 9.28. The lowest BCUT2D eigenvalue weighted by Gasteiger charge is -2.09. The number of carbonyl (C=O) groups is 1. The van der Waals surface area contributed by atoms with Crippen LogP contribution in [0.1, 0.15) is 28.2 Å². The first-order chi connectivity index (χ1) is 15.6. The van der Waals surface area contributed by atoms with Gasteiger partial charge in [0, 0.05) is 16.0 Å². The van der Waals surface area contributed by atoms with Crippen molar-refractivity contribution in [2.45, 2.75) is 31.6 Å². The summed E-state index contributed by atoms with van der Waals surface area (Å²) in [4.78, 5) is 34.6. The minimum absolute atomic E-state index is 0.0689. The van der Waals surface area contributed by atoms with Crippen LogP contribution in [0.3, 0.4) is 0 Å². The number of carbonyl (C=O) groups excluding carboxylic acids is 1. The van der Waals surface area contributed by atoms with Gasteiger partial charge in [0.15, 0.2) is 0 Å². The molecule has 7 nitrogen and oxygen atoms in total. The van der Waals surface area contributed by atoms with Crippen LogP contribution in [0, 0.1) is 0 Å². The predicted octanol–water partition coefficient (Wildman–Crippen LogP) is 4.24. The van der Waals surface area contributed by atoms with Gasteiger partial charge in [-0.15, -0.1) is 23.1 Å². The number of aromatic nitrogens is 4. The first-order valence-corrected chi connectivity index (χ1v) is 12.6. The lowest BCUT2D eigenvalue weighted by molar-refractivity contribution is -0.113. The van der Waals surface area contributed by atoms with E-state index in [9.17, 15) is 9.59 Å². The van der Waals surface area contributed by atoms with Crippen molar-refractivity contribution in [3.05, 3.63) is 73.7 Å². The van der Waals surface area contributed by atoms with Gasteiger partial charge in [-0.05, 0) is 42.5 Å². The standard InChI is InChI=1S/C22H20ClN5O2S2/c23-14-6-4-13(5-7-14)10-28-18(8-9-24-28)27-19(29)12-31-11-17-25-21(30)20-15-2-1-3-16(15)32-22(20)26-17/h4-9H,1-3,10-12H2,(H,27,29)(H,25,26,30). The van der Waals surface area contributed by atoms with Gasteiger partial charge in [-0.2, -0.15) is 5.10 Å². The number of aromatic amines is 1. The Kier molecular flexibility index (Phi) is 6.03. The maximum Gasteiger partial charge on any atom is 0.259 e. The van der Waals surface area contributed by atoms with Gasteiger partial charge >= 0.3 is 0 Å². The van der Waals surface area contributed by atoms with Crippen molar-refractivity contribution in [3.63, 3.8) is 0 Å². The molecular formula is C22H20ClN5O2S2. The molecule has 1 aliphatic rings. The number of benzene rings is 1. The second-order valence-electron chi connectivity index (χ2n) is 7.59. The molecule has 32 heavy (non-hydrogen) atoms. The molecule has 3 aromatic heterocycles. The molecule has 0 spiro atoms. The van der Waals surface area contributed by atoms with Crippen molar-refractivity contribution in [2.75, 3.05) is 11.1 Å². The van der Waals surface area contributed by atoms with Crippen LogP contribution in [0.2, 0.25) is 5.02 Å². The summed E-state index contributed by atoms with van der Waals surface area (Å²) < 4.78 is 1.73. The fourth-order valence-corrected chi connectivity index (χ4v) is 5.96. The maximum atomic E-state index is 12.5. The van der Waals surface area contributed by atoms with Gasteiger partial charge in [-0.1, -0.05) is 23.7 Å². The van der Waals surface area contributed by atoms with E-state index in [4.69, 9.17) is 11.6 Å². The normalized spacial score (nSPS) is 12.9. The van der Waals surface area contributed by atoms with Crippen LogP contribution in [0.4, 0.5) is 5.82 Å². The van der Waals surface area contributed by atoms with E-state index in [1.165, 1.54) is 22.2 Å². The maximum absolute atomic E-state index is 12.5. The Morgan fingerprint density at radius 1 is 1.25 bits per heavy atom. The molecule has 0 aliphatic heterocycles. The third-order valence-corrected chi connectivity index (χ3v) is 7.71.